The second-order valence-electron chi connectivity index (χ2n) is 5.67. The molecule has 1 aromatic carbocycles. The quantitative estimate of drug-likeness (QED) is 0.853. The van der Waals surface area contributed by atoms with E-state index in [9.17, 15) is 23.0 Å². The van der Waals surface area contributed by atoms with Crippen LogP contribution in [0.5, 0.6) is 0 Å². The summed E-state index contributed by atoms with van der Waals surface area (Å²) in [6.45, 7) is -0.814. The van der Waals surface area contributed by atoms with Gasteiger partial charge in [0.2, 0.25) is 0 Å². The minimum absolute atomic E-state index is 0.0312. The predicted molar refractivity (Wildman–Crippen MR) is 78.5 cm³/mol. The molecule has 1 fully saturated rings. The monoisotopic (exact) mass is 336 g/mol. The van der Waals surface area contributed by atoms with E-state index in [0.29, 0.717) is 6.42 Å². The zero-order valence-electron chi connectivity index (χ0n) is 11.4. The summed E-state index contributed by atoms with van der Waals surface area (Å²) in [4.78, 5) is 0. The van der Waals surface area contributed by atoms with Gasteiger partial charge < -0.3 is 10.2 Å². The fourth-order valence-corrected chi connectivity index (χ4v) is 5.04. The molecule has 2 rings (SSSR count). The van der Waals surface area contributed by atoms with E-state index in [1.165, 1.54) is 12.1 Å². The summed E-state index contributed by atoms with van der Waals surface area (Å²) >= 11 is 5.74. The summed E-state index contributed by atoms with van der Waals surface area (Å²) in [5.74, 6) is -1.03. The Bertz CT molecular complexity index is 613. The first-order valence-electron chi connectivity index (χ1n) is 6.68. The molecule has 1 unspecified atom stereocenters. The molecular weight excluding hydrogens is 319 g/mol. The highest BCUT2D eigenvalue weighted by molar-refractivity contribution is 7.91. The summed E-state index contributed by atoms with van der Waals surface area (Å²) in [6, 6.07) is 4.54. The van der Waals surface area contributed by atoms with E-state index in [1.54, 1.807) is 6.07 Å². The zero-order valence-corrected chi connectivity index (χ0v) is 13.0. The smallest absolute Gasteiger partial charge is 0.150 e. The molecule has 0 radical (unpaired) electrons. The largest absolute Gasteiger partial charge is 0.396 e. The van der Waals surface area contributed by atoms with Gasteiger partial charge in [0.05, 0.1) is 29.7 Å². The van der Waals surface area contributed by atoms with Crippen LogP contribution in [0.1, 0.15) is 12.0 Å². The average molecular weight is 337 g/mol. The number of aliphatic hydroxyl groups excluding tert-OH is 2. The number of hydrogen-bond donors (Lipinski definition) is 2. The second-order valence-corrected chi connectivity index (χ2v) is 8.30. The SMILES string of the molecule is O=S1(=O)CCC(C(CO)(CO)Cc2cccc(Cl)c2F)C1. The van der Waals surface area contributed by atoms with Gasteiger partial charge in [-0.1, -0.05) is 23.7 Å². The Morgan fingerprint density at radius 1 is 1.33 bits per heavy atom. The van der Waals surface area contributed by atoms with Gasteiger partial charge in [-0.2, -0.15) is 0 Å². The van der Waals surface area contributed by atoms with Gasteiger partial charge in [-0.25, -0.2) is 12.8 Å². The molecule has 0 spiro atoms. The Balaban J connectivity index is 2.32. The van der Waals surface area contributed by atoms with Gasteiger partial charge in [0.15, 0.2) is 9.84 Å². The third-order valence-corrected chi connectivity index (χ3v) is 6.36. The van der Waals surface area contributed by atoms with Crippen LogP contribution in [-0.2, 0) is 16.3 Å². The van der Waals surface area contributed by atoms with Gasteiger partial charge >= 0.3 is 0 Å². The van der Waals surface area contributed by atoms with E-state index < -0.39 is 40.2 Å². The third kappa shape index (κ3) is 3.39. The van der Waals surface area contributed by atoms with E-state index in [2.05, 4.69) is 0 Å². The standard InChI is InChI=1S/C14H18ClFO4S/c15-12-3-1-2-10(13(12)16)6-14(8-17,9-18)11-4-5-21(19,20)7-11/h1-3,11,17-18H,4-9H2. The molecule has 1 heterocycles. The van der Waals surface area contributed by atoms with Crippen molar-refractivity contribution >= 4 is 21.4 Å². The van der Waals surface area contributed by atoms with E-state index in [0.717, 1.165) is 0 Å². The van der Waals surface area contributed by atoms with Crippen molar-refractivity contribution in [3.8, 4) is 0 Å². The van der Waals surface area contributed by atoms with Crippen LogP contribution in [0.15, 0.2) is 18.2 Å². The van der Waals surface area contributed by atoms with E-state index >= 15 is 0 Å². The average Bonchev–Trinajstić information content (AvgIpc) is 2.81. The Labute approximate surface area is 128 Å². The lowest BCUT2D eigenvalue weighted by molar-refractivity contribution is 0.0118. The highest BCUT2D eigenvalue weighted by atomic mass is 35.5. The van der Waals surface area contributed by atoms with Crippen LogP contribution in [0.2, 0.25) is 5.02 Å². The number of rotatable bonds is 5. The number of aliphatic hydroxyl groups is 2. The van der Waals surface area contributed by atoms with Crippen LogP contribution in [-0.4, -0.2) is 43.4 Å². The molecule has 0 aliphatic carbocycles. The number of benzene rings is 1. The van der Waals surface area contributed by atoms with Crippen LogP contribution < -0.4 is 0 Å². The van der Waals surface area contributed by atoms with Crippen molar-refractivity contribution in [3.63, 3.8) is 0 Å². The molecular formula is C14H18ClFO4S. The molecule has 0 bridgehead atoms. The summed E-state index contributed by atoms with van der Waals surface area (Å²) in [5.41, 5.74) is -0.787. The van der Waals surface area contributed by atoms with Crippen LogP contribution in [0, 0.1) is 17.2 Å². The van der Waals surface area contributed by atoms with Gasteiger partial charge in [-0.3, -0.25) is 0 Å². The van der Waals surface area contributed by atoms with Crippen molar-refractivity contribution in [1.29, 1.82) is 0 Å². The van der Waals surface area contributed by atoms with Gasteiger partial charge in [-0.05, 0) is 30.4 Å². The first-order valence-corrected chi connectivity index (χ1v) is 8.88. The summed E-state index contributed by atoms with van der Waals surface area (Å²) in [5, 5.41) is 19.4. The highest BCUT2D eigenvalue weighted by Crippen LogP contribution is 2.39. The maximum atomic E-state index is 14.0. The molecule has 1 aromatic rings. The normalized spacial score (nSPS) is 21.6. The van der Waals surface area contributed by atoms with Gasteiger partial charge in [0.1, 0.15) is 5.82 Å². The fraction of sp³-hybridized carbons (Fsp3) is 0.571. The molecule has 1 aliphatic rings. The molecule has 0 amide bonds. The molecule has 21 heavy (non-hydrogen) atoms. The highest BCUT2D eigenvalue weighted by Gasteiger charge is 2.44. The Hall–Kier alpha value is -0.690. The number of sulfone groups is 1. The van der Waals surface area contributed by atoms with Crippen LogP contribution in [0.4, 0.5) is 4.39 Å². The second kappa shape index (κ2) is 6.20. The molecule has 0 aromatic heterocycles. The maximum absolute atomic E-state index is 14.0. The lowest BCUT2D eigenvalue weighted by Gasteiger charge is -2.35. The van der Waals surface area contributed by atoms with E-state index in [1.807, 2.05) is 0 Å². The van der Waals surface area contributed by atoms with Crippen molar-refractivity contribution in [2.24, 2.45) is 11.3 Å². The Kier molecular flexibility index (Phi) is 4.92. The minimum atomic E-state index is -3.15. The van der Waals surface area contributed by atoms with Gasteiger partial charge in [-0.15, -0.1) is 0 Å². The molecule has 0 saturated carbocycles. The zero-order chi connectivity index (χ0) is 15.7. The Morgan fingerprint density at radius 2 is 2.00 bits per heavy atom. The van der Waals surface area contributed by atoms with Crippen molar-refractivity contribution in [2.45, 2.75) is 12.8 Å². The van der Waals surface area contributed by atoms with Crippen molar-refractivity contribution < 1.29 is 23.0 Å². The number of hydrogen-bond acceptors (Lipinski definition) is 4. The maximum Gasteiger partial charge on any atom is 0.150 e. The molecule has 4 nitrogen and oxygen atoms in total. The molecule has 7 heteroatoms. The van der Waals surface area contributed by atoms with Crippen molar-refractivity contribution in [3.05, 3.63) is 34.6 Å². The lowest BCUT2D eigenvalue weighted by Crippen LogP contribution is -2.41. The fourth-order valence-electron chi connectivity index (χ4n) is 2.91. The third-order valence-electron chi connectivity index (χ3n) is 4.30. The molecule has 1 saturated heterocycles. The summed E-state index contributed by atoms with van der Waals surface area (Å²) in [7, 11) is -3.15. The van der Waals surface area contributed by atoms with E-state index in [-0.39, 0.29) is 28.5 Å². The topological polar surface area (TPSA) is 74.6 Å². The van der Waals surface area contributed by atoms with Gasteiger partial charge in [0, 0.05) is 5.41 Å². The molecule has 1 atom stereocenters. The van der Waals surface area contributed by atoms with E-state index in [4.69, 9.17) is 11.6 Å². The predicted octanol–water partition coefficient (Wildman–Crippen LogP) is 1.43. The van der Waals surface area contributed by atoms with Crippen LogP contribution in [0.25, 0.3) is 0 Å². The molecule has 118 valence electrons. The number of halogens is 2. The van der Waals surface area contributed by atoms with Crippen molar-refractivity contribution in [1.82, 2.24) is 0 Å². The first-order chi connectivity index (χ1) is 9.83. The van der Waals surface area contributed by atoms with Crippen LogP contribution >= 0.6 is 11.6 Å². The molecule has 1 aliphatic heterocycles. The minimum Gasteiger partial charge on any atom is -0.396 e. The Morgan fingerprint density at radius 3 is 2.52 bits per heavy atom. The van der Waals surface area contributed by atoms with Crippen molar-refractivity contribution in [2.75, 3.05) is 24.7 Å². The molecule has 2 N–H and O–H groups in total. The summed E-state index contributed by atoms with van der Waals surface area (Å²) in [6.07, 6.45) is 0.415. The lowest BCUT2D eigenvalue weighted by atomic mass is 9.72. The first kappa shape index (κ1) is 16.7. The van der Waals surface area contributed by atoms with Crippen LogP contribution in [0.3, 0.4) is 0 Å². The summed E-state index contributed by atoms with van der Waals surface area (Å²) < 4.78 is 37.3. The van der Waals surface area contributed by atoms with Gasteiger partial charge in [0.25, 0.3) is 0 Å².